The standard InChI is InChI=1S/C14H21N3O4S/c1-3-21-14(18)15-12-5-4-6-13(11-12)16-7-9-17(10-8-16)22(2,19)20/h4-6,11H,3,7-10H2,1-2H3,(H,15,18). The fourth-order valence-corrected chi connectivity index (χ4v) is 3.17. The first-order chi connectivity index (χ1) is 10.4. The van der Waals surface area contributed by atoms with Gasteiger partial charge in [0.05, 0.1) is 12.9 Å². The molecule has 1 aliphatic heterocycles. The number of carbonyl (C=O) groups excluding carboxylic acids is 1. The molecule has 1 N–H and O–H groups in total. The minimum atomic E-state index is -3.13. The molecule has 0 aromatic heterocycles. The van der Waals surface area contributed by atoms with Crippen molar-refractivity contribution in [2.75, 3.05) is 49.3 Å². The Hall–Kier alpha value is -1.80. The van der Waals surface area contributed by atoms with Crippen LogP contribution < -0.4 is 10.2 Å². The largest absolute Gasteiger partial charge is 0.450 e. The van der Waals surface area contributed by atoms with Crippen molar-refractivity contribution in [1.82, 2.24) is 4.31 Å². The van der Waals surface area contributed by atoms with E-state index in [0.717, 1.165) is 5.69 Å². The molecule has 1 amide bonds. The molecule has 1 aliphatic rings. The van der Waals surface area contributed by atoms with Gasteiger partial charge >= 0.3 is 6.09 Å². The van der Waals surface area contributed by atoms with Gasteiger partial charge in [-0.2, -0.15) is 4.31 Å². The van der Waals surface area contributed by atoms with E-state index in [2.05, 4.69) is 10.2 Å². The molecule has 2 rings (SSSR count). The van der Waals surface area contributed by atoms with Crippen LogP contribution in [0.3, 0.4) is 0 Å². The maximum absolute atomic E-state index is 11.5. The third-order valence-electron chi connectivity index (χ3n) is 3.44. The maximum atomic E-state index is 11.5. The highest BCUT2D eigenvalue weighted by Crippen LogP contribution is 2.21. The van der Waals surface area contributed by atoms with Gasteiger partial charge in [0.1, 0.15) is 0 Å². The number of nitrogens with zero attached hydrogens (tertiary/aromatic N) is 2. The lowest BCUT2D eigenvalue weighted by Gasteiger charge is -2.34. The molecule has 0 bridgehead atoms. The third kappa shape index (κ3) is 4.35. The first kappa shape index (κ1) is 16.6. The number of piperazine rings is 1. The van der Waals surface area contributed by atoms with Crippen molar-refractivity contribution in [3.05, 3.63) is 24.3 Å². The van der Waals surface area contributed by atoms with Crippen LogP contribution >= 0.6 is 0 Å². The summed E-state index contributed by atoms with van der Waals surface area (Å²) in [5, 5.41) is 2.66. The van der Waals surface area contributed by atoms with E-state index in [0.29, 0.717) is 38.5 Å². The molecule has 0 unspecified atom stereocenters. The van der Waals surface area contributed by atoms with Gasteiger partial charge in [0, 0.05) is 37.6 Å². The van der Waals surface area contributed by atoms with Crippen molar-refractivity contribution < 1.29 is 17.9 Å². The van der Waals surface area contributed by atoms with Gasteiger partial charge in [-0.1, -0.05) is 6.07 Å². The minimum absolute atomic E-state index is 0.318. The predicted octanol–water partition coefficient (Wildman–Crippen LogP) is 1.34. The summed E-state index contributed by atoms with van der Waals surface area (Å²) in [6, 6.07) is 7.42. The zero-order valence-electron chi connectivity index (χ0n) is 12.8. The van der Waals surface area contributed by atoms with Gasteiger partial charge in [-0.3, -0.25) is 5.32 Å². The molecular formula is C14H21N3O4S. The van der Waals surface area contributed by atoms with E-state index in [1.807, 2.05) is 18.2 Å². The smallest absolute Gasteiger partial charge is 0.411 e. The lowest BCUT2D eigenvalue weighted by molar-refractivity contribution is 0.168. The Kier molecular flexibility index (Phi) is 5.25. The zero-order chi connectivity index (χ0) is 16.2. The lowest BCUT2D eigenvalue weighted by Crippen LogP contribution is -2.48. The van der Waals surface area contributed by atoms with Crippen molar-refractivity contribution >= 4 is 27.5 Å². The molecule has 1 saturated heterocycles. The molecule has 122 valence electrons. The van der Waals surface area contributed by atoms with Crippen LogP contribution in [-0.2, 0) is 14.8 Å². The number of benzene rings is 1. The summed E-state index contributed by atoms with van der Waals surface area (Å²) >= 11 is 0. The number of sulfonamides is 1. The van der Waals surface area contributed by atoms with Crippen LogP contribution in [0.1, 0.15) is 6.92 Å². The molecule has 0 radical (unpaired) electrons. The van der Waals surface area contributed by atoms with Crippen LogP contribution in [0.4, 0.5) is 16.2 Å². The summed E-state index contributed by atoms with van der Waals surface area (Å²) in [7, 11) is -3.13. The number of hydrogen-bond donors (Lipinski definition) is 1. The number of anilines is 2. The second-order valence-electron chi connectivity index (χ2n) is 5.04. The quantitative estimate of drug-likeness (QED) is 0.903. The summed E-state index contributed by atoms with van der Waals surface area (Å²) < 4.78 is 29.3. The van der Waals surface area contributed by atoms with Crippen molar-refractivity contribution in [3.8, 4) is 0 Å². The number of carbonyl (C=O) groups is 1. The van der Waals surface area contributed by atoms with E-state index in [4.69, 9.17) is 4.74 Å². The lowest BCUT2D eigenvalue weighted by atomic mass is 10.2. The average Bonchev–Trinajstić information content (AvgIpc) is 2.47. The molecule has 0 saturated carbocycles. The van der Waals surface area contributed by atoms with Crippen LogP contribution in [0.2, 0.25) is 0 Å². The Balaban J connectivity index is 2.00. The number of amides is 1. The van der Waals surface area contributed by atoms with Crippen LogP contribution in [-0.4, -0.2) is 57.9 Å². The summed E-state index contributed by atoms with van der Waals surface area (Å²) in [5.41, 5.74) is 1.60. The van der Waals surface area contributed by atoms with Crippen LogP contribution in [0, 0.1) is 0 Å². The molecule has 1 heterocycles. The summed E-state index contributed by atoms with van der Waals surface area (Å²) in [6.07, 6.45) is 0.744. The molecular weight excluding hydrogens is 306 g/mol. The Bertz CT molecular complexity index is 625. The Morgan fingerprint density at radius 1 is 1.27 bits per heavy atom. The van der Waals surface area contributed by atoms with E-state index >= 15 is 0 Å². The van der Waals surface area contributed by atoms with Crippen molar-refractivity contribution in [1.29, 1.82) is 0 Å². The number of hydrogen-bond acceptors (Lipinski definition) is 5. The minimum Gasteiger partial charge on any atom is -0.450 e. The highest BCUT2D eigenvalue weighted by molar-refractivity contribution is 7.88. The van der Waals surface area contributed by atoms with E-state index in [9.17, 15) is 13.2 Å². The second-order valence-corrected chi connectivity index (χ2v) is 7.03. The normalized spacial score (nSPS) is 16.4. The van der Waals surface area contributed by atoms with Gasteiger partial charge < -0.3 is 9.64 Å². The molecule has 8 heteroatoms. The fourth-order valence-electron chi connectivity index (χ4n) is 2.34. The van der Waals surface area contributed by atoms with E-state index in [1.54, 1.807) is 13.0 Å². The van der Waals surface area contributed by atoms with E-state index in [1.165, 1.54) is 10.6 Å². The fraction of sp³-hybridized carbons (Fsp3) is 0.500. The monoisotopic (exact) mass is 327 g/mol. The molecule has 0 spiro atoms. The summed E-state index contributed by atoms with van der Waals surface area (Å²) in [6.45, 7) is 4.24. The zero-order valence-corrected chi connectivity index (χ0v) is 13.6. The highest BCUT2D eigenvalue weighted by atomic mass is 32.2. The average molecular weight is 327 g/mol. The first-order valence-electron chi connectivity index (χ1n) is 7.14. The van der Waals surface area contributed by atoms with E-state index in [-0.39, 0.29) is 0 Å². The number of rotatable bonds is 4. The predicted molar refractivity (Wildman–Crippen MR) is 85.7 cm³/mol. The van der Waals surface area contributed by atoms with Crippen molar-refractivity contribution in [2.45, 2.75) is 6.92 Å². The Morgan fingerprint density at radius 2 is 1.95 bits per heavy atom. The molecule has 7 nitrogen and oxygen atoms in total. The van der Waals surface area contributed by atoms with Crippen LogP contribution in [0.15, 0.2) is 24.3 Å². The van der Waals surface area contributed by atoms with Crippen LogP contribution in [0.25, 0.3) is 0 Å². The van der Waals surface area contributed by atoms with Gasteiger partial charge in [-0.25, -0.2) is 13.2 Å². The topological polar surface area (TPSA) is 79.0 Å². The SMILES string of the molecule is CCOC(=O)Nc1cccc(N2CCN(S(C)(=O)=O)CC2)c1. The number of nitrogens with one attached hydrogen (secondary N) is 1. The van der Waals surface area contributed by atoms with Gasteiger partial charge in [0.15, 0.2) is 0 Å². The Labute approximate surface area is 130 Å². The maximum Gasteiger partial charge on any atom is 0.411 e. The van der Waals surface area contributed by atoms with Gasteiger partial charge in [-0.05, 0) is 25.1 Å². The Morgan fingerprint density at radius 3 is 2.55 bits per heavy atom. The van der Waals surface area contributed by atoms with Crippen LogP contribution in [0.5, 0.6) is 0 Å². The second kappa shape index (κ2) is 6.97. The van der Waals surface area contributed by atoms with Gasteiger partial charge in [0.25, 0.3) is 0 Å². The summed E-state index contributed by atoms with van der Waals surface area (Å²) in [4.78, 5) is 13.5. The molecule has 1 fully saturated rings. The molecule has 1 aromatic rings. The van der Waals surface area contributed by atoms with Crippen molar-refractivity contribution in [3.63, 3.8) is 0 Å². The highest BCUT2D eigenvalue weighted by Gasteiger charge is 2.23. The molecule has 0 atom stereocenters. The molecule has 22 heavy (non-hydrogen) atoms. The van der Waals surface area contributed by atoms with Gasteiger partial charge in [0.2, 0.25) is 10.0 Å². The molecule has 1 aromatic carbocycles. The summed E-state index contributed by atoms with van der Waals surface area (Å²) in [5.74, 6) is 0. The van der Waals surface area contributed by atoms with Gasteiger partial charge in [-0.15, -0.1) is 0 Å². The third-order valence-corrected chi connectivity index (χ3v) is 4.74. The van der Waals surface area contributed by atoms with E-state index < -0.39 is 16.1 Å². The van der Waals surface area contributed by atoms with Crippen molar-refractivity contribution in [2.24, 2.45) is 0 Å². The number of ether oxygens (including phenoxy) is 1. The first-order valence-corrected chi connectivity index (χ1v) is 8.99. The molecule has 0 aliphatic carbocycles.